The molecule has 0 unspecified atom stereocenters. The number of rotatable bonds is 3. The molecule has 0 saturated carbocycles. The standard InChI is InChI=1S/C19H15NO3S/c21-19(20-14-4-2-1-3-5-14)18-9-8-17(24-18)13-6-7-15-16(12-13)23-11-10-22-15/h1-9,12H,10-11H2,(H,20,21). The monoisotopic (exact) mass is 337 g/mol. The summed E-state index contributed by atoms with van der Waals surface area (Å²) in [7, 11) is 0. The number of anilines is 1. The topological polar surface area (TPSA) is 47.6 Å². The van der Waals surface area contributed by atoms with E-state index >= 15 is 0 Å². The first-order valence-corrected chi connectivity index (χ1v) is 8.47. The highest BCUT2D eigenvalue weighted by molar-refractivity contribution is 7.17. The van der Waals surface area contributed by atoms with Crippen LogP contribution in [0.2, 0.25) is 0 Å². The molecule has 1 aliphatic heterocycles. The molecule has 2 aromatic carbocycles. The summed E-state index contributed by atoms with van der Waals surface area (Å²) in [6.45, 7) is 1.14. The molecule has 1 N–H and O–H groups in total. The number of para-hydroxylation sites is 1. The SMILES string of the molecule is O=C(Nc1ccccc1)c1ccc(-c2ccc3c(c2)OCCO3)s1. The third kappa shape index (κ3) is 2.98. The van der Waals surface area contributed by atoms with Crippen LogP contribution in [-0.2, 0) is 0 Å². The number of hydrogen-bond acceptors (Lipinski definition) is 4. The zero-order valence-electron chi connectivity index (χ0n) is 12.8. The number of carbonyl (C=O) groups excluding carboxylic acids is 1. The zero-order valence-corrected chi connectivity index (χ0v) is 13.6. The molecule has 1 amide bonds. The van der Waals surface area contributed by atoms with Gasteiger partial charge in [0.25, 0.3) is 5.91 Å². The van der Waals surface area contributed by atoms with E-state index < -0.39 is 0 Å². The highest BCUT2D eigenvalue weighted by Crippen LogP contribution is 2.37. The Kier molecular flexibility index (Phi) is 3.92. The van der Waals surface area contributed by atoms with Crippen molar-refractivity contribution < 1.29 is 14.3 Å². The number of hydrogen-bond donors (Lipinski definition) is 1. The number of nitrogens with one attached hydrogen (secondary N) is 1. The maximum atomic E-state index is 12.3. The van der Waals surface area contributed by atoms with Gasteiger partial charge in [-0.05, 0) is 48.0 Å². The maximum absolute atomic E-state index is 12.3. The van der Waals surface area contributed by atoms with Crippen LogP contribution in [0.3, 0.4) is 0 Å². The van der Waals surface area contributed by atoms with E-state index in [0.717, 1.165) is 27.6 Å². The molecule has 1 aromatic heterocycles. The van der Waals surface area contributed by atoms with Gasteiger partial charge in [0.1, 0.15) is 13.2 Å². The fourth-order valence-corrected chi connectivity index (χ4v) is 3.42. The average molecular weight is 337 g/mol. The van der Waals surface area contributed by atoms with Gasteiger partial charge in [0, 0.05) is 10.6 Å². The van der Waals surface area contributed by atoms with E-state index in [4.69, 9.17) is 9.47 Å². The molecule has 1 aliphatic rings. The van der Waals surface area contributed by atoms with E-state index in [-0.39, 0.29) is 5.91 Å². The van der Waals surface area contributed by atoms with Crippen molar-refractivity contribution in [3.63, 3.8) is 0 Å². The summed E-state index contributed by atoms with van der Waals surface area (Å²) in [5.74, 6) is 1.42. The number of benzene rings is 2. The molecular formula is C19H15NO3S. The van der Waals surface area contributed by atoms with Gasteiger partial charge in [-0.3, -0.25) is 4.79 Å². The van der Waals surface area contributed by atoms with Gasteiger partial charge in [-0.1, -0.05) is 18.2 Å². The second-order valence-corrected chi connectivity index (χ2v) is 6.43. The first kappa shape index (κ1) is 14.8. The van der Waals surface area contributed by atoms with Gasteiger partial charge in [-0.2, -0.15) is 0 Å². The number of ether oxygens (including phenoxy) is 2. The maximum Gasteiger partial charge on any atom is 0.265 e. The van der Waals surface area contributed by atoms with Crippen molar-refractivity contribution in [2.45, 2.75) is 0 Å². The smallest absolute Gasteiger partial charge is 0.265 e. The van der Waals surface area contributed by atoms with E-state index in [1.54, 1.807) is 0 Å². The predicted molar refractivity (Wildman–Crippen MR) is 95.1 cm³/mol. The first-order valence-electron chi connectivity index (χ1n) is 7.66. The van der Waals surface area contributed by atoms with E-state index in [9.17, 15) is 4.79 Å². The van der Waals surface area contributed by atoms with Gasteiger partial charge in [-0.25, -0.2) is 0 Å². The van der Waals surface area contributed by atoms with Crippen LogP contribution in [0.15, 0.2) is 60.7 Å². The Bertz CT molecular complexity index is 873. The molecule has 0 radical (unpaired) electrons. The normalized spacial score (nSPS) is 12.7. The van der Waals surface area contributed by atoms with Crippen molar-refractivity contribution in [1.29, 1.82) is 0 Å². The number of amides is 1. The van der Waals surface area contributed by atoms with Crippen molar-refractivity contribution in [3.8, 4) is 21.9 Å². The minimum atomic E-state index is -0.102. The van der Waals surface area contributed by atoms with Crippen molar-refractivity contribution >= 4 is 22.9 Å². The summed E-state index contributed by atoms with van der Waals surface area (Å²) in [6, 6.07) is 19.1. The molecule has 0 spiro atoms. The lowest BCUT2D eigenvalue weighted by atomic mass is 10.1. The molecule has 120 valence electrons. The number of carbonyl (C=O) groups is 1. The van der Waals surface area contributed by atoms with Crippen LogP contribution < -0.4 is 14.8 Å². The summed E-state index contributed by atoms with van der Waals surface area (Å²) in [6.07, 6.45) is 0. The van der Waals surface area contributed by atoms with Crippen LogP contribution in [0.5, 0.6) is 11.5 Å². The Morgan fingerprint density at radius 1 is 0.917 bits per heavy atom. The second kappa shape index (κ2) is 6.37. The van der Waals surface area contributed by atoms with Crippen LogP contribution in [0.25, 0.3) is 10.4 Å². The Morgan fingerprint density at radius 3 is 2.54 bits per heavy atom. The van der Waals surface area contributed by atoms with Crippen LogP contribution >= 0.6 is 11.3 Å². The lowest BCUT2D eigenvalue weighted by Crippen LogP contribution is -2.15. The molecule has 5 heteroatoms. The second-order valence-electron chi connectivity index (χ2n) is 5.34. The largest absolute Gasteiger partial charge is 0.486 e. The fourth-order valence-electron chi connectivity index (χ4n) is 2.53. The Morgan fingerprint density at radius 2 is 1.71 bits per heavy atom. The highest BCUT2D eigenvalue weighted by atomic mass is 32.1. The third-order valence-corrected chi connectivity index (χ3v) is 4.82. The van der Waals surface area contributed by atoms with Crippen molar-refractivity contribution in [3.05, 3.63) is 65.5 Å². The van der Waals surface area contributed by atoms with Crippen molar-refractivity contribution in [1.82, 2.24) is 0 Å². The summed E-state index contributed by atoms with van der Waals surface area (Å²) in [5.41, 5.74) is 1.81. The molecule has 0 atom stereocenters. The Hall–Kier alpha value is -2.79. The highest BCUT2D eigenvalue weighted by Gasteiger charge is 2.15. The van der Waals surface area contributed by atoms with E-state index in [2.05, 4.69) is 5.32 Å². The third-order valence-electron chi connectivity index (χ3n) is 3.69. The van der Waals surface area contributed by atoms with Gasteiger partial charge in [0.05, 0.1) is 4.88 Å². The number of fused-ring (bicyclic) bond motifs is 1. The molecule has 3 aromatic rings. The molecule has 4 nitrogen and oxygen atoms in total. The van der Waals surface area contributed by atoms with E-state index in [1.165, 1.54) is 11.3 Å². The lowest BCUT2D eigenvalue weighted by molar-refractivity contribution is 0.103. The van der Waals surface area contributed by atoms with Crippen molar-refractivity contribution in [2.24, 2.45) is 0 Å². The zero-order chi connectivity index (χ0) is 16.4. The Labute approximate surface area is 143 Å². The fraction of sp³-hybridized carbons (Fsp3) is 0.105. The van der Waals surface area contributed by atoms with E-state index in [0.29, 0.717) is 18.1 Å². The molecule has 0 bridgehead atoms. The van der Waals surface area contributed by atoms with Crippen LogP contribution in [0.1, 0.15) is 9.67 Å². The molecule has 4 rings (SSSR count). The molecule has 24 heavy (non-hydrogen) atoms. The van der Waals surface area contributed by atoms with Gasteiger partial charge < -0.3 is 14.8 Å². The molecule has 0 aliphatic carbocycles. The molecular weight excluding hydrogens is 322 g/mol. The summed E-state index contributed by atoms with van der Waals surface area (Å²) >= 11 is 1.46. The quantitative estimate of drug-likeness (QED) is 0.769. The minimum Gasteiger partial charge on any atom is -0.486 e. The van der Waals surface area contributed by atoms with Crippen molar-refractivity contribution in [2.75, 3.05) is 18.5 Å². The molecule has 0 fully saturated rings. The van der Waals surface area contributed by atoms with Crippen LogP contribution in [-0.4, -0.2) is 19.1 Å². The van der Waals surface area contributed by atoms with Crippen LogP contribution in [0.4, 0.5) is 5.69 Å². The number of thiophene rings is 1. The predicted octanol–water partition coefficient (Wildman–Crippen LogP) is 4.44. The minimum absolute atomic E-state index is 0.102. The summed E-state index contributed by atoms with van der Waals surface area (Å²) in [5, 5.41) is 2.90. The van der Waals surface area contributed by atoms with Gasteiger partial charge in [0.2, 0.25) is 0 Å². The molecule has 0 saturated heterocycles. The van der Waals surface area contributed by atoms with Crippen LogP contribution in [0, 0.1) is 0 Å². The van der Waals surface area contributed by atoms with Gasteiger partial charge in [-0.15, -0.1) is 11.3 Å². The lowest BCUT2D eigenvalue weighted by Gasteiger charge is -2.18. The summed E-state index contributed by atoms with van der Waals surface area (Å²) < 4.78 is 11.2. The summed E-state index contributed by atoms with van der Waals surface area (Å²) in [4.78, 5) is 14.0. The van der Waals surface area contributed by atoms with E-state index in [1.807, 2.05) is 60.7 Å². The first-order chi connectivity index (χ1) is 11.8. The molecule has 2 heterocycles. The Balaban J connectivity index is 1.55. The van der Waals surface area contributed by atoms with Gasteiger partial charge in [0.15, 0.2) is 11.5 Å². The van der Waals surface area contributed by atoms with Gasteiger partial charge >= 0.3 is 0 Å². The average Bonchev–Trinajstić information content (AvgIpc) is 3.12.